The second-order valence-electron chi connectivity index (χ2n) is 5.13. The maximum Gasteiger partial charge on any atom is 0.0629 e. The Bertz CT molecular complexity index is 405. The molecule has 1 atom stereocenters. The minimum absolute atomic E-state index is 0.0663. The van der Waals surface area contributed by atoms with Gasteiger partial charge in [0.1, 0.15) is 0 Å². The molecule has 0 spiro atoms. The lowest BCUT2D eigenvalue weighted by Crippen LogP contribution is -2.46. The Balaban J connectivity index is 2.30. The number of aryl methyl sites for hydroxylation is 2. The molecular weight excluding hydrogens is 212 g/mol. The summed E-state index contributed by atoms with van der Waals surface area (Å²) in [5, 5.41) is 9.33. The van der Waals surface area contributed by atoms with Crippen molar-refractivity contribution in [1.82, 2.24) is 0 Å². The standard InChI is InChI=1S/C14H22N2O/c1-3-12-6-4-5-11(2)13(12)16-8-7-14(15,9-16)10-17/h4-6,17H,3,7-10,15H2,1-2H3. The van der Waals surface area contributed by atoms with Crippen molar-refractivity contribution in [3.8, 4) is 0 Å². The fourth-order valence-electron chi connectivity index (χ4n) is 2.67. The fraction of sp³-hybridized carbons (Fsp3) is 0.571. The van der Waals surface area contributed by atoms with E-state index in [9.17, 15) is 5.11 Å². The van der Waals surface area contributed by atoms with Gasteiger partial charge in [0.2, 0.25) is 0 Å². The number of nitrogens with two attached hydrogens (primary N) is 1. The molecule has 1 aromatic rings. The van der Waals surface area contributed by atoms with Crippen LogP contribution in [0.1, 0.15) is 24.5 Å². The molecule has 94 valence electrons. The minimum Gasteiger partial charge on any atom is -0.394 e. The van der Waals surface area contributed by atoms with E-state index < -0.39 is 5.54 Å². The van der Waals surface area contributed by atoms with Gasteiger partial charge in [-0.15, -0.1) is 0 Å². The molecule has 0 aliphatic carbocycles. The van der Waals surface area contributed by atoms with Crippen LogP contribution in [0.15, 0.2) is 18.2 Å². The number of para-hydroxylation sites is 1. The predicted octanol–water partition coefficient (Wildman–Crippen LogP) is 1.46. The Labute approximate surface area is 103 Å². The molecule has 1 fully saturated rings. The normalized spacial score (nSPS) is 24.4. The van der Waals surface area contributed by atoms with Crippen LogP contribution in [0.4, 0.5) is 5.69 Å². The first-order valence-corrected chi connectivity index (χ1v) is 6.33. The highest BCUT2D eigenvalue weighted by Crippen LogP contribution is 2.31. The summed E-state index contributed by atoms with van der Waals surface area (Å²) in [7, 11) is 0. The van der Waals surface area contributed by atoms with Gasteiger partial charge < -0.3 is 15.7 Å². The summed E-state index contributed by atoms with van der Waals surface area (Å²) >= 11 is 0. The van der Waals surface area contributed by atoms with E-state index in [1.54, 1.807) is 0 Å². The van der Waals surface area contributed by atoms with Crippen molar-refractivity contribution in [1.29, 1.82) is 0 Å². The first-order valence-electron chi connectivity index (χ1n) is 6.33. The number of aliphatic hydroxyl groups excluding tert-OH is 1. The van der Waals surface area contributed by atoms with Crippen LogP contribution in [0.2, 0.25) is 0 Å². The maximum atomic E-state index is 9.33. The van der Waals surface area contributed by atoms with Crippen molar-refractivity contribution < 1.29 is 5.11 Å². The first-order chi connectivity index (χ1) is 8.09. The van der Waals surface area contributed by atoms with Crippen molar-refractivity contribution in [2.24, 2.45) is 5.73 Å². The zero-order valence-electron chi connectivity index (χ0n) is 10.7. The smallest absolute Gasteiger partial charge is 0.0629 e. The Morgan fingerprint density at radius 3 is 2.82 bits per heavy atom. The van der Waals surface area contributed by atoms with E-state index in [1.807, 2.05) is 0 Å². The molecule has 0 radical (unpaired) electrons. The highest BCUT2D eigenvalue weighted by molar-refractivity contribution is 5.60. The molecule has 17 heavy (non-hydrogen) atoms. The maximum absolute atomic E-state index is 9.33. The molecule has 0 aromatic heterocycles. The number of rotatable bonds is 3. The summed E-state index contributed by atoms with van der Waals surface area (Å²) in [4.78, 5) is 2.32. The summed E-state index contributed by atoms with van der Waals surface area (Å²) in [6, 6.07) is 6.43. The molecular formula is C14H22N2O. The van der Waals surface area contributed by atoms with E-state index in [4.69, 9.17) is 5.73 Å². The average Bonchev–Trinajstić information content (AvgIpc) is 2.72. The average molecular weight is 234 g/mol. The van der Waals surface area contributed by atoms with Crippen LogP contribution >= 0.6 is 0 Å². The largest absolute Gasteiger partial charge is 0.394 e. The molecule has 3 nitrogen and oxygen atoms in total. The molecule has 1 unspecified atom stereocenters. The van der Waals surface area contributed by atoms with Crippen LogP contribution in [-0.2, 0) is 6.42 Å². The Morgan fingerprint density at radius 2 is 2.24 bits per heavy atom. The van der Waals surface area contributed by atoms with Crippen LogP contribution < -0.4 is 10.6 Å². The summed E-state index contributed by atoms with van der Waals surface area (Å²) in [6.07, 6.45) is 1.89. The number of aliphatic hydroxyl groups is 1. The van der Waals surface area contributed by atoms with Gasteiger partial charge in [0.05, 0.1) is 12.1 Å². The third-order valence-electron chi connectivity index (χ3n) is 3.72. The molecule has 3 heteroatoms. The zero-order valence-corrected chi connectivity index (χ0v) is 10.7. The van der Waals surface area contributed by atoms with Crippen LogP contribution in [-0.4, -0.2) is 30.3 Å². The van der Waals surface area contributed by atoms with Gasteiger partial charge in [-0.3, -0.25) is 0 Å². The van der Waals surface area contributed by atoms with Gasteiger partial charge in [-0.2, -0.15) is 0 Å². The van der Waals surface area contributed by atoms with Crippen LogP contribution in [0.3, 0.4) is 0 Å². The van der Waals surface area contributed by atoms with E-state index in [0.717, 1.165) is 25.9 Å². The lowest BCUT2D eigenvalue weighted by Gasteiger charge is -2.26. The SMILES string of the molecule is CCc1cccc(C)c1N1CCC(N)(CO)C1. The lowest BCUT2D eigenvalue weighted by molar-refractivity contribution is 0.210. The quantitative estimate of drug-likeness (QED) is 0.832. The molecule has 0 saturated carbocycles. The van der Waals surface area contributed by atoms with Crippen LogP contribution in [0, 0.1) is 6.92 Å². The van der Waals surface area contributed by atoms with E-state index in [2.05, 4.69) is 36.9 Å². The third-order valence-corrected chi connectivity index (χ3v) is 3.72. The second-order valence-corrected chi connectivity index (χ2v) is 5.13. The number of nitrogens with zero attached hydrogens (tertiary/aromatic N) is 1. The molecule has 1 aliphatic rings. The molecule has 1 aromatic carbocycles. The van der Waals surface area contributed by atoms with Crippen LogP contribution in [0.25, 0.3) is 0 Å². The monoisotopic (exact) mass is 234 g/mol. The fourth-order valence-corrected chi connectivity index (χ4v) is 2.67. The van der Waals surface area contributed by atoms with E-state index in [0.29, 0.717) is 0 Å². The Morgan fingerprint density at radius 1 is 1.47 bits per heavy atom. The molecule has 1 heterocycles. The van der Waals surface area contributed by atoms with E-state index >= 15 is 0 Å². The number of anilines is 1. The van der Waals surface area contributed by atoms with Gasteiger partial charge in [-0.05, 0) is 30.9 Å². The summed E-state index contributed by atoms with van der Waals surface area (Å²) in [5.74, 6) is 0. The molecule has 1 saturated heterocycles. The number of hydrogen-bond donors (Lipinski definition) is 2. The second kappa shape index (κ2) is 4.67. The Kier molecular flexibility index (Phi) is 3.40. The first kappa shape index (κ1) is 12.4. The topological polar surface area (TPSA) is 49.5 Å². The van der Waals surface area contributed by atoms with Crippen molar-refractivity contribution in [2.75, 3.05) is 24.6 Å². The summed E-state index contributed by atoms with van der Waals surface area (Å²) < 4.78 is 0. The molecule has 2 rings (SSSR count). The highest BCUT2D eigenvalue weighted by Gasteiger charge is 2.34. The van der Waals surface area contributed by atoms with Gasteiger partial charge >= 0.3 is 0 Å². The van der Waals surface area contributed by atoms with Gasteiger partial charge in [-0.1, -0.05) is 25.1 Å². The Hall–Kier alpha value is -1.06. The summed E-state index contributed by atoms with van der Waals surface area (Å²) in [5.41, 5.74) is 9.69. The predicted molar refractivity (Wildman–Crippen MR) is 71.4 cm³/mol. The molecule has 0 amide bonds. The van der Waals surface area contributed by atoms with Gasteiger partial charge in [0, 0.05) is 18.8 Å². The van der Waals surface area contributed by atoms with Gasteiger partial charge in [-0.25, -0.2) is 0 Å². The van der Waals surface area contributed by atoms with Crippen molar-refractivity contribution in [2.45, 2.75) is 32.2 Å². The molecule has 1 aliphatic heterocycles. The third kappa shape index (κ3) is 2.31. The molecule has 0 bridgehead atoms. The van der Waals surface area contributed by atoms with Crippen molar-refractivity contribution in [3.63, 3.8) is 0 Å². The van der Waals surface area contributed by atoms with Crippen molar-refractivity contribution >= 4 is 5.69 Å². The van der Waals surface area contributed by atoms with Crippen LogP contribution in [0.5, 0.6) is 0 Å². The number of benzene rings is 1. The van der Waals surface area contributed by atoms with Crippen molar-refractivity contribution in [3.05, 3.63) is 29.3 Å². The molecule has 3 N–H and O–H groups in total. The lowest BCUT2D eigenvalue weighted by atomic mass is 10.0. The van der Waals surface area contributed by atoms with Gasteiger partial charge in [0.25, 0.3) is 0 Å². The van der Waals surface area contributed by atoms with E-state index in [-0.39, 0.29) is 6.61 Å². The van der Waals surface area contributed by atoms with E-state index in [1.165, 1.54) is 16.8 Å². The van der Waals surface area contributed by atoms with Gasteiger partial charge in [0.15, 0.2) is 0 Å². The highest BCUT2D eigenvalue weighted by atomic mass is 16.3. The minimum atomic E-state index is -0.423. The summed E-state index contributed by atoms with van der Waals surface area (Å²) in [6.45, 7) is 6.08. The number of hydrogen-bond acceptors (Lipinski definition) is 3. The zero-order chi connectivity index (χ0) is 12.5.